The van der Waals surface area contributed by atoms with E-state index in [9.17, 15) is 5.11 Å². The zero-order chi connectivity index (χ0) is 10.9. The van der Waals surface area contributed by atoms with Crippen molar-refractivity contribution in [1.29, 1.82) is 0 Å². The van der Waals surface area contributed by atoms with E-state index in [-0.39, 0.29) is 28.3 Å². The quantitative estimate of drug-likeness (QED) is 0.511. The van der Waals surface area contributed by atoms with Crippen molar-refractivity contribution >= 4 is 34.8 Å². The molecule has 0 aliphatic carbocycles. The van der Waals surface area contributed by atoms with Gasteiger partial charge in [-0.3, -0.25) is 0 Å². The first-order valence-corrected chi connectivity index (χ1v) is 4.69. The Balaban J connectivity index is -0.000000209. The van der Waals surface area contributed by atoms with Crippen LogP contribution in [-0.4, -0.2) is 16.4 Å². The molecule has 0 atom stereocenters. The van der Waals surface area contributed by atoms with Gasteiger partial charge in [0.05, 0.1) is 0 Å². The Morgan fingerprint density at radius 1 is 1.29 bits per heavy atom. The van der Waals surface area contributed by atoms with Crippen LogP contribution in [0.3, 0.4) is 0 Å². The maximum absolute atomic E-state index is 10.3. The molecule has 87 valence electrons. The molecule has 0 amide bonds. The van der Waals surface area contributed by atoms with Gasteiger partial charge in [0.15, 0.2) is 0 Å². The van der Waals surface area contributed by atoms with E-state index in [0.29, 0.717) is 0 Å². The largest absolute Gasteiger partial charge is 2.00 e. The number of hydrogen-bond acceptors (Lipinski definition) is 4. The van der Waals surface area contributed by atoms with Crippen molar-refractivity contribution in [1.82, 2.24) is 5.32 Å². The summed E-state index contributed by atoms with van der Waals surface area (Å²) in [6.45, 7) is 4.05. The van der Waals surface area contributed by atoms with Crippen molar-refractivity contribution in [3.8, 4) is 0 Å². The molecular weight excluding hydrogens is 272 g/mol. The molecular formula is C7H14CuN2O2S2. The monoisotopic (exact) mass is 285 g/mol. The van der Waals surface area contributed by atoms with Crippen LogP contribution in [0.1, 0.15) is 26.7 Å². The molecule has 0 heterocycles. The first-order chi connectivity index (χ1) is 5.93. The Bertz CT molecular complexity index is 162. The van der Waals surface area contributed by atoms with Gasteiger partial charge in [-0.05, 0) is 12.8 Å². The van der Waals surface area contributed by atoms with E-state index in [1.807, 2.05) is 13.8 Å². The maximum Gasteiger partial charge on any atom is 2.00 e. The van der Waals surface area contributed by atoms with E-state index < -0.39 is 5.17 Å². The van der Waals surface area contributed by atoms with Crippen molar-refractivity contribution in [2.24, 2.45) is 5.73 Å². The van der Waals surface area contributed by atoms with Gasteiger partial charge >= 0.3 is 17.1 Å². The molecule has 3 N–H and O–H groups in total. The van der Waals surface area contributed by atoms with Crippen LogP contribution in [-0.2, 0) is 17.1 Å². The van der Waals surface area contributed by atoms with Gasteiger partial charge in [-0.2, -0.15) is 0 Å². The molecule has 0 bridgehead atoms. The molecule has 0 aromatic carbocycles. The third-order valence-electron chi connectivity index (χ3n) is 1.31. The average molecular weight is 286 g/mol. The fourth-order valence-corrected chi connectivity index (χ4v) is 0.826. The van der Waals surface area contributed by atoms with Gasteiger partial charge in [0.25, 0.3) is 0 Å². The molecule has 0 rings (SSSR count). The molecule has 0 saturated carbocycles. The minimum absolute atomic E-state index is 0. The summed E-state index contributed by atoms with van der Waals surface area (Å²) in [5.41, 5.74) is 4.29. The van der Waals surface area contributed by atoms with Gasteiger partial charge in [0.1, 0.15) is 0 Å². The minimum atomic E-state index is -0.750. The average Bonchev–Trinajstić information content (AvgIpc) is 1.98. The summed E-state index contributed by atoms with van der Waals surface area (Å²) < 4.78 is 0. The fourth-order valence-electron chi connectivity index (χ4n) is 0.659. The Hall–Kier alpha value is -0.101. The van der Waals surface area contributed by atoms with Gasteiger partial charge < -0.3 is 21.3 Å². The van der Waals surface area contributed by atoms with Crippen molar-refractivity contribution in [3.05, 3.63) is 0 Å². The smallest absolute Gasteiger partial charge is 0.852 e. The normalized spacial score (nSPS) is 7.93. The van der Waals surface area contributed by atoms with Gasteiger partial charge in [0.2, 0.25) is 0 Å². The summed E-state index contributed by atoms with van der Waals surface area (Å²) in [7, 11) is 0. The zero-order valence-corrected chi connectivity index (χ0v) is 10.6. The Morgan fingerprint density at radius 2 is 1.57 bits per heavy atom. The Labute approximate surface area is 106 Å². The molecule has 0 saturated heterocycles. The predicted octanol–water partition coefficient (Wildman–Crippen LogP) is -1.00. The van der Waals surface area contributed by atoms with Crippen LogP contribution in [0.5, 0.6) is 0 Å². The molecule has 4 nitrogen and oxygen atoms in total. The van der Waals surface area contributed by atoms with Gasteiger partial charge in [-0.25, -0.2) is 0 Å². The first-order valence-electron chi connectivity index (χ1n) is 3.87. The number of nitrogens with two attached hydrogens (primary N) is 1. The second kappa shape index (κ2) is 12.9. The molecule has 0 fully saturated rings. The van der Waals surface area contributed by atoms with Gasteiger partial charge in [0, 0.05) is 16.4 Å². The number of rotatable bonds is 3. The van der Waals surface area contributed by atoms with Crippen molar-refractivity contribution in [2.45, 2.75) is 32.7 Å². The summed E-state index contributed by atoms with van der Waals surface area (Å²) in [6, 6.07) is 0.273. The topological polar surface area (TPSA) is 84.2 Å². The van der Waals surface area contributed by atoms with E-state index in [1.54, 1.807) is 0 Å². The van der Waals surface area contributed by atoms with Crippen molar-refractivity contribution in [3.63, 3.8) is 0 Å². The molecule has 0 aliphatic rings. The Morgan fingerprint density at radius 3 is 1.64 bits per heavy atom. The predicted molar refractivity (Wildman–Crippen MR) is 56.9 cm³/mol. The number of hydrogen-bond donors (Lipinski definition) is 2. The summed E-state index contributed by atoms with van der Waals surface area (Å²) >= 11 is 8.10. The number of nitrogens with one attached hydrogen (secondary N) is 1. The molecule has 1 radical (unpaired) electrons. The van der Waals surface area contributed by atoms with Crippen LogP contribution in [0, 0.1) is 0 Å². The van der Waals surface area contributed by atoms with Crippen LogP contribution in [0.15, 0.2) is 0 Å². The van der Waals surface area contributed by atoms with E-state index in [0.717, 1.165) is 12.8 Å². The summed E-state index contributed by atoms with van der Waals surface area (Å²) in [5, 5.41) is 20.9. The van der Waals surface area contributed by atoms with E-state index in [4.69, 9.17) is 5.11 Å². The molecule has 7 heteroatoms. The standard InChI is InChI=1S/C6H13NOS.CH3NOS.Cu/c1-3-5(4-2)7-6(8)9;2-1(3)4;/h5H,3-4H2,1-2H3,(H2,7,8,9);(H3,2,3,4);/q;;+2/p-2. The molecule has 14 heavy (non-hydrogen) atoms. The van der Waals surface area contributed by atoms with Gasteiger partial charge in [-0.1, -0.05) is 38.3 Å². The second-order valence-electron chi connectivity index (χ2n) is 2.26. The number of thiocarbonyl (C=S) groups is 2. The van der Waals surface area contributed by atoms with Crippen LogP contribution in [0.25, 0.3) is 0 Å². The summed E-state index contributed by atoms with van der Waals surface area (Å²) in [6.07, 6.45) is 1.91. The van der Waals surface area contributed by atoms with Crippen LogP contribution in [0.2, 0.25) is 0 Å². The van der Waals surface area contributed by atoms with E-state index in [1.165, 1.54) is 0 Å². The molecule has 0 spiro atoms. The molecule has 0 aromatic rings. The fraction of sp³-hybridized carbons (Fsp3) is 0.714. The Kier molecular flexibility index (Phi) is 17.9. The minimum Gasteiger partial charge on any atom is -0.852 e. The van der Waals surface area contributed by atoms with E-state index in [2.05, 4.69) is 35.5 Å². The molecule has 0 aliphatic heterocycles. The first kappa shape index (κ1) is 19.5. The van der Waals surface area contributed by atoms with Gasteiger partial charge in [-0.15, -0.1) is 0 Å². The maximum atomic E-state index is 10.3. The third kappa shape index (κ3) is 22.7. The summed E-state index contributed by atoms with van der Waals surface area (Å²) in [4.78, 5) is 0. The van der Waals surface area contributed by atoms with Crippen LogP contribution < -0.4 is 21.3 Å². The zero-order valence-electron chi connectivity index (χ0n) is 8.00. The second-order valence-corrected chi connectivity index (χ2v) is 3.04. The third-order valence-corrected chi connectivity index (χ3v) is 1.43. The van der Waals surface area contributed by atoms with Crippen LogP contribution >= 0.6 is 24.4 Å². The van der Waals surface area contributed by atoms with Crippen molar-refractivity contribution < 1.29 is 27.3 Å². The van der Waals surface area contributed by atoms with Crippen molar-refractivity contribution in [2.75, 3.05) is 0 Å². The molecule has 0 unspecified atom stereocenters. The van der Waals surface area contributed by atoms with E-state index >= 15 is 0 Å². The summed E-state index contributed by atoms with van der Waals surface area (Å²) in [5.74, 6) is 0. The molecule has 0 aromatic heterocycles. The van der Waals surface area contributed by atoms with Crippen LogP contribution in [0.4, 0.5) is 0 Å². The SMILES string of the molecule is CCC(CC)NC([O-])=S.NC([O-])=S.[Cu+2].